The molecule has 1 aromatic carbocycles. The fourth-order valence-electron chi connectivity index (χ4n) is 3.34. The van der Waals surface area contributed by atoms with E-state index in [4.69, 9.17) is 0 Å². The van der Waals surface area contributed by atoms with Crippen LogP contribution in [0.15, 0.2) is 18.2 Å². The van der Waals surface area contributed by atoms with Crippen molar-refractivity contribution in [1.29, 1.82) is 0 Å². The summed E-state index contributed by atoms with van der Waals surface area (Å²) in [6.45, 7) is 6.03. The number of hydrogen-bond acceptors (Lipinski definition) is 3. The zero-order valence-electron chi connectivity index (χ0n) is 14.8. The van der Waals surface area contributed by atoms with Crippen LogP contribution in [0.3, 0.4) is 0 Å². The fraction of sp³-hybridized carbons (Fsp3) is 0.579. The number of benzene rings is 1. The van der Waals surface area contributed by atoms with Gasteiger partial charge in [0.25, 0.3) is 0 Å². The van der Waals surface area contributed by atoms with Crippen LogP contribution in [0.5, 0.6) is 0 Å². The van der Waals surface area contributed by atoms with Crippen molar-refractivity contribution >= 4 is 17.5 Å². The molecular weight excluding hydrogens is 304 g/mol. The Balaban J connectivity index is 2.05. The number of anilines is 1. The van der Waals surface area contributed by atoms with Crippen molar-refractivity contribution in [3.63, 3.8) is 0 Å². The highest BCUT2D eigenvalue weighted by molar-refractivity contribution is 6.39. The van der Waals surface area contributed by atoms with Gasteiger partial charge in [-0.2, -0.15) is 0 Å². The highest BCUT2D eigenvalue weighted by atomic mass is 16.3. The van der Waals surface area contributed by atoms with Crippen LogP contribution < -0.4 is 10.6 Å². The Morgan fingerprint density at radius 1 is 1.25 bits per heavy atom. The van der Waals surface area contributed by atoms with Gasteiger partial charge in [0.1, 0.15) is 0 Å². The third kappa shape index (κ3) is 3.96. The standard InChI is InChI=1S/C19H28N2O3/c1-4-13-8-9-14(5-2)15(11-13)20-17(23)18(24)21-16-7-6-10-19(16,3)12-22/h8-9,11,16,22H,4-7,10,12H2,1-3H3,(H,20,23)(H,21,24). The van der Waals surface area contributed by atoms with Gasteiger partial charge >= 0.3 is 11.8 Å². The van der Waals surface area contributed by atoms with E-state index >= 15 is 0 Å². The van der Waals surface area contributed by atoms with E-state index in [0.717, 1.165) is 43.2 Å². The maximum atomic E-state index is 12.3. The normalized spacial score (nSPS) is 23.1. The number of amides is 2. The van der Waals surface area contributed by atoms with Crippen LogP contribution in [-0.2, 0) is 22.4 Å². The topological polar surface area (TPSA) is 78.4 Å². The summed E-state index contributed by atoms with van der Waals surface area (Å²) in [5, 5.41) is 15.1. The number of carbonyl (C=O) groups excluding carboxylic acids is 2. The van der Waals surface area contributed by atoms with Gasteiger partial charge in [0, 0.05) is 17.1 Å². The molecule has 5 nitrogen and oxygen atoms in total. The molecule has 2 rings (SSSR count). The number of aliphatic hydroxyl groups excluding tert-OH is 1. The number of carbonyl (C=O) groups is 2. The van der Waals surface area contributed by atoms with E-state index in [9.17, 15) is 14.7 Å². The molecule has 0 radical (unpaired) electrons. The lowest BCUT2D eigenvalue weighted by atomic mass is 9.86. The van der Waals surface area contributed by atoms with Crippen molar-refractivity contribution < 1.29 is 14.7 Å². The summed E-state index contributed by atoms with van der Waals surface area (Å²) >= 11 is 0. The van der Waals surface area contributed by atoms with E-state index in [1.54, 1.807) is 0 Å². The number of rotatable bonds is 5. The summed E-state index contributed by atoms with van der Waals surface area (Å²) in [5.74, 6) is -1.28. The third-order valence-electron chi connectivity index (χ3n) is 5.17. The Morgan fingerprint density at radius 3 is 2.62 bits per heavy atom. The maximum Gasteiger partial charge on any atom is 0.313 e. The van der Waals surface area contributed by atoms with E-state index in [-0.39, 0.29) is 18.1 Å². The van der Waals surface area contributed by atoms with Gasteiger partial charge in [0.05, 0.1) is 6.61 Å². The van der Waals surface area contributed by atoms with E-state index in [0.29, 0.717) is 5.69 Å². The lowest BCUT2D eigenvalue weighted by molar-refractivity contribution is -0.137. The predicted octanol–water partition coefficient (Wildman–Crippen LogP) is 2.42. The average Bonchev–Trinajstić information content (AvgIpc) is 2.95. The predicted molar refractivity (Wildman–Crippen MR) is 94.8 cm³/mol. The van der Waals surface area contributed by atoms with Gasteiger partial charge in [0.15, 0.2) is 0 Å². The molecule has 1 saturated carbocycles. The summed E-state index contributed by atoms with van der Waals surface area (Å²) < 4.78 is 0. The Morgan fingerprint density at radius 2 is 2.00 bits per heavy atom. The molecule has 1 fully saturated rings. The van der Waals surface area contributed by atoms with E-state index in [1.165, 1.54) is 0 Å². The first-order valence-electron chi connectivity index (χ1n) is 8.78. The lowest BCUT2D eigenvalue weighted by Crippen LogP contribution is -2.48. The molecule has 1 aliphatic carbocycles. The highest BCUT2D eigenvalue weighted by Gasteiger charge is 2.39. The minimum absolute atomic E-state index is 0.0120. The zero-order valence-corrected chi connectivity index (χ0v) is 14.8. The molecule has 0 saturated heterocycles. The summed E-state index contributed by atoms with van der Waals surface area (Å²) in [4.78, 5) is 24.5. The van der Waals surface area contributed by atoms with Gasteiger partial charge in [0.2, 0.25) is 0 Å². The van der Waals surface area contributed by atoms with Crippen molar-refractivity contribution in [2.45, 2.75) is 58.9 Å². The number of hydrogen-bond donors (Lipinski definition) is 3. The molecule has 5 heteroatoms. The van der Waals surface area contributed by atoms with E-state index < -0.39 is 11.8 Å². The summed E-state index contributed by atoms with van der Waals surface area (Å²) in [6.07, 6.45) is 4.25. The molecule has 0 bridgehead atoms. The molecule has 2 amide bonds. The average molecular weight is 332 g/mol. The molecule has 0 aliphatic heterocycles. The SMILES string of the molecule is CCc1ccc(CC)c(NC(=O)C(=O)NC2CCCC2(C)CO)c1. The summed E-state index contributed by atoms with van der Waals surface area (Å²) in [7, 11) is 0. The molecule has 132 valence electrons. The summed E-state index contributed by atoms with van der Waals surface area (Å²) in [6, 6.07) is 5.80. The zero-order chi connectivity index (χ0) is 17.7. The Labute approximate surface area is 143 Å². The van der Waals surface area contributed by atoms with Crippen LogP contribution in [0.2, 0.25) is 0 Å². The third-order valence-corrected chi connectivity index (χ3v) is 5.17. The monoisotopic (exact) mass is 332 g/mol. The molecule has 2 unspecified atom stereocenters. The maximum absolute atomic E-state index is 12.3. The minimum atomic E-state index is -0.648. The second kappa shape index (κ2) is 7.79. The quantitative estimate of drug-likeness (QED) is 0.725. The molecule has 1 aliphatic rings. The van der Waals surface area contributed by atoms with Crippen LogP contribution in [0, 0.1) is 5.41 Å². The van der Waals surface area contributed by atoms with Gasteiger partial charge in [-0.15, -0.1) is 0 Å². The number of nitrogens with one attached hydrogen (secondary N) is 2. The first kappa shape index (κ1) is 18.5. The number of aliphatic hydroxyl groups is 1. The van der Waals surface area contributed by atoms with Crippen LogP contribution >= 0.6 is 0 Å². The number of aryl methyl sites for hydroxylation is 2. The van der Waals surface area contributed by atoms with Crippen LogP contribution in [0.1, 0.15) is 51.2 Å². The molecule has 0 aromatic heterocycles. The van der Waals surface area contributed by atoms with Gasteiger partial charge in [-0.3, -0.25) is 9.59 Å². The highest BCUT2D eigenvalue weighted by Crippen LogP contribution is 2.37. The van der Waals surface area contributed by atoms with Crippen LogP contribution in [0.25, 0.3) is 0 Å². The van der Waals surface area contributed by atoms with Gasteiger partial charge in [-0.05, 0) is 42.9 Å². The second-order valence-electron chi connectivity index (χ2n) is 6.88. The van der Waals surface area contributed by atoms with Gasteiger partial charge in [-0.1, -0.05) is 39.3 Å². The van der Waals surface area contributed by atoms with Crippen molar-refractivity contribution in [1.82, 2.24) is 5.32 Å². The molecular formula is C19H28N2O3. The lowest BCUT2D eigenvalue weighted by Gasteiger charge is -2.29. The second-order valence-corrected chi connectivity index (χ2v) is 6.88. The van der Waals surface area contributed by atoms with Crippen LogP contribution in [-0.4, -0.2) is 29.6 Å². The fourth-order valence-corrected chi connectivity index (χ4v) is 3.34. The van der Waals surface area contributed by atoms with Crippen molar-refractivity contribution in [2.24, 2.45) is 5.41 Å². The van der Waals surface area contributed by atoms with Gasteiger partial charge in [-0.25, -0.2) is 0 Å². The minimum Gasteiger partial charge on any atom is -0.396 e. The first-order valence-corrected chi connectivity index (χ1v) is 8.78. The molecule has 0 heterocycles. The van der Waals surface area contributed by atoms with Crippen molar-refractivity contribution in [2.75, 3.05) is 11.9 Å². The smallest absolute Gasteiger partial charge is 0.313 e. The molecule has 0 spiro atoms. The molecule has 3 N–H and O–H groups in total. The molecule has 2 atom stereocenters. The van der Waals surface area contributed by atoms with E-state index in [2.05, 4.69) is 17.6 Å². The molecule has 24 heavy (non-hydrogen) atoms. The Hall–Kier alpha value is -1.88. The summed E-state index contributed by atoms with van der Waals surface area (Å²) in [5.41, 5.74) is 2.49. The van der Waals surface area contributed by atoms with Crippen molar-refractivity contribution in [3.05, 3.63) is 29.3 Å². The Bertz CT molecular complexity index is 615. The largest absolute Gasteiger partial charge is 0.396 e. The van der Waals surface area contributed by atoms with Crippen molar-refractivity contribution in [3.8, 4) is 0 Å². The first-order chi connectivity index (χ1) is 11.4. The van der Waals surface area contributed by atoms with Gasteiger partial charge < -0.3 is 15.7 Å². The van der Waals surface area contributed by atoms with E-state index in [1.807, 2.05) is 32.0 Å². The van der Waals surface area contributed by atoms with Crippen LogP contribution in [0.4, 0.5) is 5.69 Å². The molecule has 1 aromatic rings. The Kier molecular flexibility index (Phi) is 5.99.